The highest BCUT2D eigenvalue weighted by molar-refractivity contribution is 5.84. The minimum Gasteiger partial charge on any atom is -0.465 e. The average Bonchev–Trinajstić information content (AvgIpc) is 3.31. The Bertz CT molecular complexity index is 995. The molecule has 0 radical (unpaired) electrons. The van der Waals surface area contributed by atoms with Gasteiger partial charge in [-0.05, 0) is 23.1 Å². The Morgan fingerprint density at radius 1 is 1.14 bits per heavy atom. The molecule has 1 fully saturated rings. The van der Waals surface area contributed by atoms with Crippen molar-refractivity contribution in [1.82, 2.24) is 10.3 Å². The molecular weight excluding hydrogens is 352 g/mol. The predicted molar refractivity (Wildman–Crippen MR) is 108 cm³/mol. The van der Waals surface area contributed by atoms with E-state index in [1.807, 2.05) is 61.7 Å². The van der Waals surface area contributed by atoms with Crippen LogP contribution in [0.2, 0.25) is 0 Å². The van der Waals surface area contributed by atoms with E-state index in [4.69, 9.17) is 4.74 Å². The van der Waals surface area contributed by atoms with Gasteiger partial charge in [-0.2, -0.15) is 0 Å². The molecule has 1 aliphatic rings. The minimum absolute atomic E-state index is 0.00735. The lowest BCUT2D eigenvalue weighted by atomic mass is 9.80. The molecule has 5 nitrogen and oxygen atoms in total. The predicted octanol–water partition coefficient (Wildman–Crippen LogP) is 3.66. The van der Waals surface area contributed by atoms with Gasteiger partial charge in [0, 0.05) is 30.1 Å². The smallest absolute Gasteiger partial charge is 0.306 e. The molecular formula is C23H24N2O3. The average molecular weight is 376 g/mol. The summed E-state index contributed by atoms with van der Waals surface area (Å²) >= 11 is 0. The Labute approximate surface area is 164 Å². The van der Waals surface area contributed by atoms with Crippen molar-refractivity contribution in [3.8, 4) is 0 Å². The first-order valence-electron chi connectivity index (χ1n) is 9.61. The number of rotatable bonds is 6. The molecule has 0 aliphatic carbocycles. The Hall–Kier alpha value is -3.08. The van der Waals surface area contributed by atoms with Gasteiger partial charge >= 0.3 is 5.97 Å². The molecule has 2 unspecified atom stereocenters. The van der Waals surface area contributed by atoms with Gasteiger partial charge in [0.1, 0.15) is 6.61 Å². The van der Waals surface area contributed by atoms with E-state index in [9.17, 15) is 9.59 Å². The summed E-state index contributed by atoms with van der Waals surface area (Å²) in [6, 6.07) is 17.9. The summed E-state index contributed by atoms with van der Waals surface area (Å²) in [5.41, 5.74) is 2.71. The third-order valence-corrected chi connectivity index (χ3v) is 5.64. The first kappa shape index (κ1) is 18.3. The Morgan fingerprint density at radius 2 is 1.89 bits per heavy atom. The summed E-state index contributed by atoms with van der Waals surface area (Å²) in [6.07, 6.45) is 2.60. The van der Waals surface area contributed by atoms with Gasteiger partial charge in [-0.1, -0.05) is 55.5 Å². The van der Waals surface area contributed by atoms with E-state index in [-0.39, 0.29) is 24.4 Å². The lowest BCUT2D eigenvalue weighted by Crippen LogP contribution is -2.35. The van der Waals surface area contributed by atoms with Gasteiger partial charge < -0.3 is 15.0 Å². The number of esters is 1. The number of carbonyl (C=O) groups is 2. The molecule has 5 heteroatoms. The molecule has 1 saturated heterocycles. The molecule has 0 bridgehead atoms. The van der Waals surface area contributed by atoms with E-state index < -0.39 is 5.41 Å². The highest BCUT2D eigenvalue weighted by Crippen LogP contribution is 2.32. The SMILES string of the molecule is CC(CC(=O)OCC1(c2ccccc2)CNC(=O)C1)c1c[nH]c2ccccc12. The third kappa shape index (κ3) is 3.52. The van der Waals surface area contributed by atoms with Crippen molar-refractivity contribution < 1.29 is 14.3 Å². The Morgan fingerprint density at radius 3 is 2.64 bits per heavy atom. The number of ether oxygens (including phenoxy) is 1. The number of aromatic nitrogens is 1. The van der Waals surface area contributed by atoms with Crippen LogP contribution in [0.15, 0.2) is 60.8 Å². The van der Waals surface area contributed by atoms with Crippen LogP contribution in [0.1, 0.15) is 36.8 Å². The van der Waals surface area contributed by atoms with Crippen LogP contribution in [0.5, 0.6) is 0 Å². The summed E-state index contributed by atoms with van der Waals surface area (Å²) in [4.78, 5) is 27.7. The van der Waals surface area contributed by atoms with Crippen LogP contribution < -0.4 is 5.32 Å². The summed E-state index contributed by atoms with van der Waals surface area (Å²) < 4.78 is 5.67. The number of para-hydroxylation sites is 1. The van der Waals surface area contributed by atoms with Gasteiger partial charge in [0.2, 0.25) is 5.91 Å². The van der Waals surface area contributed by atoms with E-state index in [1.54, 1.807) is 0 Å². The number of carbonyl (C=O) groups excluding carboxylic acids is 2. The number of benzene rings is 2. The molecule has 4 rings (SSSR count). The van der Waals surface area contributed by atoms with E-state index in [1.165, 1.54) is 0 Å². The standard InChI is InChI=1S/C23H24N2O3/c1-16(19-13-24-20-10-6-5-9-18(19)20)11-22(27)28-15-23(12-21(26)25-14-23)17-7-3-2-4-8-17/h2-10,13,16,24H,11-12,14-15H2,1H3,(H,25,26). The largest absolute Gasteiger partial charge is 0.465 e. The second-order valence-corrected chi connectivity index (χ2v) is 7.66. The number of hydrogen-bond donors (Lipinski definition) is 2. The molecule has 144 valence electrons. The van der Waals surface area contributed by atoms with Gasteiger partial charge in [-0.3, -0.25) is 9.59 Å². The maximum absolute atomic E-state index is 12.6. The van der Waals surface area contributed by atoms with Crippen molar-refractivity contribution in [2.24, 2.45) is 0 Å². The molecule has 2 N–H and O–H groups in total. The highest BCUT2D eigenvalue weighted by atomic mass is 16.5. The fraction of sp³-hybridized carbons (Fsp3) is 0.304. The summed E-state index contributed by atoms with van der Waals surface area (Å²) in [5, 5.41) is 4.02. The van der Waals surface area contributed by atoms with Crippen LogP contribution in [0, 0.1) is 0 Å². The number of nitrogens with one attached hydrogen (secondary N) is 2. The molecule has 2 aromatic carbocycles. The molecule has 0 saturated carbocycles. The van der Waals surface area contributed by atoms with Crippen molar-refractivity contribution >= 4 is 22.8 Å². The van der Waals surface area contributed by atoms with Gasteiger partial charge in [0.05, 0.1) is 11.8 Å². The number of aromatic amines is 1. The molecule has 0 spiro atoms. The van der Waals surface area contributed by atoms with Crippen LogP contribution >= 0.6 is 0 Å². The summed E-state index contributed by atoms with van der Waals surface area (Å²) in [5.74, 6) is -0.209. The molecule has 1 aromatic heterocycles. The van der Waals surface area contributed by atoms with Crippen LogP contribution in [0.4, 0.5) is 0 Å². The fourth-order valence-corrected chi connectivity index (χ4v) is 4.02. The van der Waals surface area contributed by atoms with Crippen LogP contribution in [-0.2, 0) is 19.7 Å². The zero-order valence-corrected chi connectivity index (χ0v) is 15.9. The van der Waals surface area contributed by atoms with Crippen LogP contribution in [0.25, 0.3) is 10.9 Å². The minimum atomic E-state index is -0.488. The van der Waals surface area contributed by atoms with E-state index in [0.29, 0.717) is 19.4 Å². The van der Waals surface area contributed by atoms with Crippen LogP contribution in [0.3, 0.4) is 0 Å². The molecule has 2 atom stereocenters. The van der Waals surface area contributed by atoms with Crippen LogP contribution in [-0.4, -0.2) is 30.0 Å². The van der Waals surface area contributed by atoms with Crippen molar-refractivity contribution in [2.45, 2.75) is 31.1 Å². The van der Waals surface area contributed by atoms with Gasteiger partial charge in [0.25, 0.3) is 0 Å². The molecule has 28 heavy (non-hydrogen) atoms. The number of amides is 1. The van der Waals surface area contributed by atoms with Crippen molar-refractivity contribution in [1.29, 1.82) is 0 Å². The van der Waals surface area contributed by atoms with Gasteiger partial charge in [0.15, 0.2) is 0 Å². The number of H-pyrrole nitrogens is 1. The quantitative estimate of drug-likeness (QED) is 0.645. The van der Waals surface area contributed by atoms with Crippen molar-refractivity contribution in [3.05, 3.63) is 71.9 Å². The third-order valence-electron chi connectivity index (χ3n) is 5.64. The van der Waals surface area contributed by atoms with Crippen molar-refractivity contribution in [2.75, 3.05) is 13.2 Å². The van der Waals surface area contributed by atoms with Gasteiger partial charge in [-0.25, -0.2) is 0 Å². The normalized spacial score (nSPS) is 20.1. The highest BCUT2D eigenvalue weighted by Gasteiger charge is 2.41. The second-order valence-electron chi connectivity index (χ2n) is 7.66. The van der Waals surface area contributed by atoms with E-state index in [0.717, 1.165) is 22.0 Å². The Kier molecular flexibility index (Phi) is 4.90. The maximum atomic E-state index is 12.6. The van der Waals surface area contributed by atoms with E-state index in [2.05, 4.69) is 16.4 Å². The lowest BCUT2D eigenvalue weighted by molar-refractivity contribution is -0.146. The molecule has 1 aliphatic heterocycles. The zero-order chi connectivity index (χ0) is 19.6. The number of hydrogen-bond acceptors (Lipinski definition) is 3. The number of fused-ring (bicyclic) bond motifs is 1. The molecule has 2 heterocycles. The topological polar surface area (TPSA) is 71.2 Å². The summed E-state index contributed by atoms with van der Waals surface area (Å²) in [6.45, 7) is 2.72. The molecule has 1 amide bonds. The first-order valence-corrected chi connectivity index (χ1v) is 9.61. The second kappa shape index (κ2) is 7.50. The first-order chi connectivity index (χ1) is 13.6. The fourth-order valence-electron chi connectivity index (χ4n) is 4.02. The molecule has 3 aromatic rings. The zero-order valence-electron chi connectivity index (χ0n) is 15.9. The Balaban J connectivity index is 1.44. The summed E-state index contributed by atoms with van der Waals surface area (Å²) in [7, 11) is 0. The maximum Gasteiger partial charge on any atom is 0.306 e. The van der Waals surface area contributed by atoms with Crippen molar-refractivity contribution in [3.63, 3.8) is 0 Å². The monoisotopic (exact) mass is 376 g/mol. The lowest BCUT2D eigenvalue weighted by Gasteiger charge is -2.27. The van der Waals surface area contributed by atoms with E-state index >= 15 is 0 Å². The van der Waals surface area contributed by atoms with Gasteiger partial charge in [-0.15, -0.1) is 0 Å².